The maximum atomic E-state index is 11.6. The minimum absolute atomic E-state index is 0.0478. The molecule has 5 nitrogen and oxygen atoms in total. The number of pyridine rings is 1. The molecule has 0 saturated heterocycles. The first kappa shape index (κ1) is 14.8. The number of nitrogens with zero attached hydrogens (tertiary/aromatic N) is 1. The average molecular weight is 276 g/mol. The maximum absolute atomic E-state index is 11.6. The van der Waals surface area contributed by atoms with Crippen molar-refractivity contribution in [1.29, 1.82) is 0 Å². The number of rotatable bonds is 4. The van der Waals surface area contributed by atoms with Crippen molar-refractivity contribution in [2.45, 2.75) is 38.1 Å². The van der Waals surface area contributed by atoms with E-state index in [0.717, 1.165) is 24.4 Å². The van der Waals surface area contributed by atoms with E-state index in [4.69, 9.17) is 5.73 Å². The van der Waals surface area contributed by atoms with Crippen LogP contribution in [-0.4, -0.2) is 30.0 Å². The third-order valence-electron chi connectivity index (χ3n) is 4.25. The molecular formula is C15H24N4O. The van der Waals surface area contributed by atoms with Crippen LogP contribution in [0.1, 0.15) is 43.1 Å². The first-order chi connectivity index (χ1) is 9.58. The number of carbonyl (C=O) groups is 1. The van der Waals surface area contributed by atoms with Crippen molar-refractivity contribution in [2.75, 3.05) is 18.9 Å². The lowest BCUT2D eigenvalue weighted by atomic mass is 9.77. The molecule has 1 amide bonds. The molecule has 0 bridgehead atoms. The van der Waals surface area contributed by atoms with Crippen LogP contribution in [0.2, 0.25) is 0 Å². The fraction of sp³-hybridized carbons (Fsp3) is 0.600. The Morgan fingerprint density at radius 2 is 2.20 bits per heavy atom. The van der Waals surface area contributed by atoms with E-state index in [1.807, 2.05) is 6.07 Å². The zero-order chi connectivity index (χ0) is 14.6. The van der Waals surface area contributed by atoms with E-state index in [1.165, 1.54) is 12.8 Å². The number of nitrogens with one attached hydrogen (secondary N) is 2. The third-order valence-corrected chi connectivity index (χ3v) is 4.25. The van der Waals surface area contributed by atoms with Crippen molar-refractivity contribution < 1.29 is 4.79 Å². The highest BCUT2D eigenvalue weighted by atomic mass is 16.1. The smallest absolute Gasteiger partial charge is 0.269 e. The standard InChI is InChI=1S/C15H24N4O/c1-11-3-6-15(10-16,7-4-11)19-12-5-8-18-13(9-12)14(20)17-2/h5,8-9,11H,3-4,6-7,10,16H2,1-2H3,(H,17,20)(H,18,19). The second kappa shape index (κ2) is 6.22. The molecule has 1 aliphatic carbocycles. The molecular weight excluding hydrogens is 252 g/mol. The van der Waals surface area contributed by atoms with Crippen molar-refractivity contribution in [3.63, 3.8) is 0 Å². The van der Waals surface area contributed by atoms with Crippen molar-refractivity contribution in [1.82, 2.24) is 10.3 Å². The van der Waals surface area contributed by atoms with Crippen molar-refractivity contribution in [3.8, 4) is 0 Å². The largest absolute Gasteiger partial charge is 0.378 e. The van der Waals surface area contributed by atoms with Crippen molar-refractivity contribution >= 4 is 11.6 Å². The zero-order valence-corrected chi connectivity index (χ0v) is 12.3. The molecule has 0 spiro atoms. The van der Waals surface area contributed by atoms with Crippen LogP contribution in [0, 0.1) is 5.92 Å². The van der Waals surface area contributed by atoms with Gasteiger partial charge in [0.05, 0.1) is 0 Å². The Balaban J connectivity index is 2.13. The summed E-state index contributed by atoms with van der Waals surface area (Å²) in [5, 5.41) is 6.13. The zero-order valence-electron chi connectivity index (χ0n) is 12.3. The van der Waals surface area contributed by atoms with Crippen LogP contribution in [0.4, 0.5) is 5.69 Å². The normalized spacial score (nSPS) is 26.1. The molecule has 0 aromatic carbocycles. The van der Waals surface area contributed by atoms with Crippen molar-refractivity contribution in [2.24, 2.45) is 11.7 Å². The Morgan fingerprint density at radius 3 is 2.80 bits per heavy atom. The van der Waals surface area contributed by atoms with Gasteiger partial charge in [-0.2, -0.15) is 0 Å². The van der Waals surface area contributed by atoms with Crippen LogP contribution in [0.5, 0.6) is 0 Å². The van der Waals surface area contributed by atoms with Gasteiger partial charge in [0.25, 0.3) is 5.91 Å². The second-order valence-corrected chi connectivity index (χ2v) is 5.80. The number of aromatic nitrogens is 1. The molecule has 0 radical (unpaired) electrons. The number of amides is 1. The Labute approximate surface area is 120 Å². The summed E-state index contributed by atoms with van der Waals surface area (Å²) in [7, 11) is 1.61. The summed E-state index contributed by atoms with van der Waals surface area (Å²) in [6.07, 6.45) is 6.18. The summed E-state index contributed by atoms with van der Waals surface area (Å²) in [6, 6.07) is 3.68. The van der Waals surface area contributed by atoms with Gasteiger partial charge in [0.15, 0.2) is 0 Å². The van der Waals surface area contributed by atoms with E-state index in [9.17, 15) is 4.79 Å². The summed E-state index contributed by atoms with van der Waals surface area (Å²) in [4.78, 5) is 15.7. The lowest BCUT2D eigenvalue weighted by Crippen LogP contribution is -2.48. The molecule has 1 aliphatic rings. The predicted molar refractivity (Wildman–Crippen MR) is 80.7 cm³/mol. The summed E-state index contributed by atoms with van der Waals surface area (Å²) >= 11 is 0. The monoisotopic (exact) mass is 276 g/mol. The highest BCUT2D eigenvalue weighted by Crippen LogP contribution is 2.33. The fourth-order valence-electron chi connectivity index (χ4n) is 2.76. The topological polar surface area (TPSA) is 80.0 Å². The Bertz CT molecular complexity index is 467. The molecule has 1 saturated carbocycles. The first-order valence-electron chi connectivity index (χ1n) is 7.25. The van der Waals surface area contributed by atoms with E-state index in [2.05, 4.69) is 22.5 Å². The summed E-state index contributed by atoms with van der Waals surface area (Å²) in [6.45, 7) is 2.90. The van der Waals surface area contributed by atoms with E-state index in [1.54, 1.807) is 19.3 Å². The number of nitrogens with two attached hydrogens (primary N) is 1. The van der Waals surface area contributed by atoms with Crippen molar-refractivity contribution in [3.05, 3.63) is 24.0 Å². The quantitative estimate of drug-likeness (QED) is 0.783. The predicted octanol–water partition coefficient (Wildman–Crippen LogP) is 1.76. The van der Waals surface area contributed by atoms with Crippen LogP contribution < -0.4 is 16.4 Å². The second-order valence-electron chi connectivity index (χ2n) is 5.80. The number of carbonyl (C=O) groups excluding carboxylic acids is 1. The van der Waals surface area contributed by atoms with E-state index in [0.29, 0.717) is 12.2 Å². The molecule has 0 aliphatic heterocycles. The van der Waals surface area contributed by atoms with Gasteiger partial charge in [-0.25, -0.2) is 0 Å². The minimum atomic E-state index is -0.173. The Hall–Kier alpha value is -1.62. The molecule has 1 heterocycles. The summed E-state index contributed by atoms with van der Waals surface area (Å²) < 4.78 is 0. The van der Waals surface area contributed by atoms with Gasteiger partial charge in [-0.3, -0.25) is 9.78 Å². The van der Waals surface area contributed by atoms with Gasteiger partial charge in [0.1, 0.15) is 5.69 Å². The summed E-state index contributed by atoms with van der Waals surface area (Å²) in [5.41, 5.74) is 7.29. The van der Waals surface area contributed by atoms with Gasteiger partial charge in [-0.1, -0.05) is 6.92 Å². The Kier molecular flexibility index (Phi) is 4.60. The van der Waals surface area contributed by atoms with Crippen LogP contribution in [0.3, 0.4) is 0 Å². The third kappa shape index (κ3) is 3.28. The molecule has 1 aromatic heterocycles. The van der Waals surface area contributed by atoms with Gasteiger partial charge < -0.3 is 16.4 Å². The van der Waals surface area contributed by atoms with Crippen LogP contribution >= 0.6 is 0 Å². The number of hydrogen-bond donors (Lipinski definition) is 3. The molecule has 0 atom stereocenters. The molecule has 110 valence electrons. The minimum Gasteiger partial charge on any atom is -0.378 e. The molecule has 5 heteroatoms. The van der Waals surface area contributed by atoms with Crippen LogP contribution in [-0.2, 0) is 0 Å². The van der Waals surface area contributed by atoms with Gasteiger partial charge in [-0.05, 0) is 43.7 Å². The molecule has 4 N–H and O–H groups in total. The highest BCUT2D eigenvalue weighted by Gasteiger charge is 2.32. The lowest BCUT2D eigenvalue weighted by molar-refractivity contribution is 0.0958. The molecule has 0 unspecified atom stereocenters. The van der Waals surface area contributed by atoms with E-state index in [-0.39, 0.29) is 11.4 Å². The average Bonchev–Trinajstić information content (AvgIpc) is 2.49. The van der Waals surface area contributed by atoms with Crippen LogP contribution in [0.25, 0.3) is 0 Å². The van der Waals surface area contributed by atoms with E-state index < -0.39 is 0 Å². The highest BCUT2D eigenvalue weighted by molar-refractivity contribution is 5.92. The SMILES string of the molecule is CNC(=O)c1cc(NC2(CN)CCC(C)CC2)ccn1. The van der Waals surface area contributed by atoms with Gasteiger partial charge in [-0.15, -0.1) is 0 Å². The molecule has 1 fully saturated rings. The number of hydrogen-bond acceptors (Lipinski definition) is 4. The number of anilines is 1. The molecule has 1 aromatic rings. The molecule has 2 rings (SSSR count). The summed E-state index contributed by atoms with van der Waals surface area (Å²) in [5.74, 6) is 0.600. The Morgan fingerprint density at radius 1 is 1.50 bits per heavy atom. The fourth-order valence-corrected chi connectivity index (χ4v) is 2.76. The maximum Gasteiger partial charge on any atom is 0.269 e. The van der Waals surface area contributed by atoms with E-state index >= 15 is 0 Å². The van der Waals surface area contributed by atoms with Gasteiger partial charge >= 0.3 is 0 Å². The van der Waals surface area contributed by atoms with Gasteiger partial charge in [0.2, 0.25) is 0 Å². The lowest BCUT2D eigenvalue weighted by Gasteiger charge is -2.40. The first-order valence-corrected chi connectivity index (χ1v) is 7.25. The van der Waals surface area contributed by atoms with Crippen LogP contribution in [0.15, 0.2) is 18.3 Å². The molecule has 20 heavy (non-hydrogen) atoms. The van der Waals surface area contributed by atoms with Gasteiger partial charge in [0, 0.05) is 31.0 Å².